The van der Waals surface area contributed by atoms with Crippen LogP contribution in [0.3, 0.4) is 0 Å². The van der Waals surface area contributed by atoms with E-state index in [0.29, 0.717) is 6.42 Å². The van der Waals surface area contributed by atoms with Crippen LogP contribution < -0.4 is 0 Å². The molecule has 0 spiro atoms. The molecule has 3 rings (SSSR count). The highest BCUT2D eigenvalue weighted by molar-refractivity contribution is 9.10. The third-order valence-electron chi connectivity index (χ3n) is 2.69. The number of carbonyl (C=O) groups is 1. The number of rotatable bonds is 2. The Hall–Kier alpha value is -0.380. The van der Waals surface area contributed by atoms with Gasteiger partial charge in [0.25, 0.3) is 0 Å². The maximum Gasteiger partial charge on any atom is 0.327 e. The Morgan fingerprint density at radius 3 is 3.15 bits per heavy atom. The van der Waals surface area contributed by atoms with Crippen molar-refractivity contribution in [1.82, 2.24) is 0 Å². The monoisotopic (exact) mass is 248 g/mol. The van der Waals surface area contributed by atoms with Gasteiger partial charge in [-0.25, -0.2) is 0 Å². The topological polar surface area (TPSA) is 26.3 Å². The Kier molecular flexibility index (Phi) is 2.18. The maximum atomic E-state index is 12.2. The van der Waals surface area contributed by atoms with E-state index in [4.69, 9.17) is 4.74 Å². The summed E-state index contributed by atoms with van der Waals surface area (Å²) in [4.78, 5) is 11.4. The van der Waals surface area contributed by atoms with Gasteiger partial charge < -0.3 is 4.74 Å². The molecule has 2 aliphatic heterocycles. The number of esters is 1. The smallest absolute Gasteiger partial charge is 0.327 e. The van der Waals surface area contributed by atoms with Gasteiger partial charge in [0.05, 0.1) is 6.67 Å². The van der Waals surface area contributed by atoms with Crippen LogP contribution in [0.1, 0.15) is 12.8 Å². The molecule has 0 N–H and O–H groups in total. The summed E-state index contributed by atoms with van der Waals surface area (Å²) in [5.41, 5.74) is 0. The van der Waals surface area contributed by atoms with E-state index in [1.807, 2.05) is 6.08 Å². The summed E-state index contributed by atoms with van der Waals surface area (Å²) >= 11 is 3.34. The highest BCUT2D eigenvalue weighted by Gasteiger charge is 2.50. The molecule has 1 fully saturated rings. The average Bonchev–Trinajstić information content (AvgIpc) is 2.09. The van der Waals surface area contributed by atoms with Crippen molar-refractivity contribution in [3.05, 3.63) is 12.2 Å². The minimum Gasteiger partial charge on any atom is -0.457 e. The largest absolute Gasteiger partial charge is 0.457 e. The first kappa shape index (κ1) is 9.19. The van der Waals surface area contributed by atoms with Crippen molar-refractivity contribution >= 4 is 21.9 Å². The summed E-state index contributed by atoms with van der Waals surface area (Å²) in [6.07, 6.45) is 4.68. The van der Waals surface area contributed by atoms with Gasteiger partial charge in [-0.2, -0.15) is 0 Å². The van der Waals surface area contributed by atoms with Crippen LogP contribution in [0.15, 0.2) is 12.2 Å². The fourth-order valence-electron chi connectivity index (χ4n) is 1.92. The Balaban J connectivity index is 2.26. The Morgan fingerprint density at radius 1 is 1.77 bits per heavy atom. The first-order chi connectivity index (χ1) is 6.16. The zero-order valence-electron chi connectivity index (χ0n) is 7.00. The lowest BCUT2D eigenvalue weighted by Gasteiger charge is -2.42. The summed E-state index contributed by atoms with van der Waals surface area (Å²) in [5, 5.41) is 0. The predicted molar refractivity (Wildman–Crippen MR) is 49.4 cm³/mol. The lowest BCUT2D eigenvalue weighted by Crippen LogP contribution is -2.51. The average molecular weight is 249 g/mol. The number of ether oxygens (including phenoxy) is 1. The number of halogens is 2. The molecule has 72 valence electrons. The SMILES string of the molecule is O=C1OC2C=CC1(Br)C(CCF)C2. The van der Waals surface area contributed by atoms with Crippen molar-refractivity contribution in [2.24, 2.45) is 5.92 Å². The van der Waals surface area contributed by atoms with Crippen molar-refractivity contribution in [3.8, 4) is 0 Å². The molecular formula is C9H10BrFO2. The van der Waals surface area contributed by atoms with Crippen LogP contribution in [0.25, 0.3) is 0 Å². The summed E-state index contributed by atoms with van der Waals surface area (Å²) in [7, 11) is 0. The standard InChI is InChI=1S/C9H10BrFO2/c10-9-3-1-7(13-8(9)12)5-6(9)2-4-11/h1,3,6-7H,2,4-5H2. The van der Waals surface area contributed by atoms with Crippen LogP contribution in [0.4, 0.5) is 4.39 Å². The first-order valence-corrected chi connectivity index (χ1v) is 5.11. The van der Waals surface area contributed by atoms with Gasteiger partial charge in [-0.3, -0.25) is 9.18 Å². The molecule has 0 saturated carbocycles. The van der Waals surface area contributed by atoms with Crippen molar-refractivity contribution in [2.75, 3.05) is 6.67 Å². The molecule has 0 aromatic heterocycles. The van der Waals surface area contributed by atoms with Crippen molar-refractivity contribution in [3.63, 3.8) is 0 Å². The number of hydrogen-bond donors (Lipinski definition) is 0. The van der Waals surface area contributed by atoms with Crippen LogP contribution in [-0.4, -0.2) is 23.1 Å². The molecule has 0 amide bonds. The van der Waals surface area contributed by atoms with Crippen molar-refractivity contribution in [2.45, 2.75) is 23.3 Å². The van der Waals surface area contributed by atoms with E-state index < -0.39 is 4.32 Å². The van der Waals surface area contributed by atoms with E-state index in [-0.39, 0.29) is 24.7 Å². The molecular weight excluding hydrogens is 239 g/mol. The lowest BCUT2D eigenvalue weighted by molar-refractivity contribution is -0.157. The normalized spacial score (nSPS) is 42.2. The highest BCUT2D eigenvalue weighted by atomic mass is 79.9. The second-order valence-corrected chi connectivity index (χ2v) is 4.79. The van der Waals surface area contributed by atoms with Gasteiger partial charge in [0.15, 0.2) is 0 Å². The molecule has 0 radical (unpaired) electrons. The van der Waals surface area contributed by atoms with Crippen LogP contribution in [0.2, 0.25) is 0 Å². The van der Waals surface area contributed by atoms with Crippen LogP contribution in [0.5, 0.6) is 0 Å². The van der Waals surface area contributed by atoms with Crippen LogP contribution in [0, 0.1) is 5.92 Å². The zero-order valence-corrected chi connectivity index (χ0v) is 8.59. The van der Waals surface area contributed by atoms with E-state index in [9.17, 15) is 9.18 Å². The van der Waals surface area contributed by atoms with Crippen molar-refractivity contribution < 1.29 is 13.9 Å². The summed E-state index contributed by atoms with van der Waals surface area (Å²) in [5.74, 6) is -0.238. The first-order valence-electron chi connectivity index (χ1n) is 4.32. The van der Waals surface area contributed by atoms with E-state index in [1.54, 1.807) is 6.08 Å². The fourth-order valence-corrected chi connectivity index (χ4v) is 2.59. The van der Waals surface area contributed by atoms with Gasteiger partial charge in [0.1, 0.15) is 10.4 Å². The Bertz CT molecular complexity index is 266. The van der Waals surface area contributed by atoms with Gasteiger partial charge in [-0.15, -0.1) is 0 Å². The van der Waals surface area contributed by atoms with Gasteiger partial charge >= 0.3 is 5.97 Å². The minimum atomic E-state index is -0.756. The third kappa shape index (κ3) is 1.31. The van der Waals surface area contributed by atoms with E-state index in [0.717, 1.165) is 6.42 Å². The predicted octanol–water partition coefficient (Wildman–Crippen LogP) is 1.98. The molecule has 2 bridgehead atoms. The molecule has 2 heterocycles. The summed E-state index contributed by atoms with van der Waals surface area (Å²) in [6, 6.07) is 0. The number of alkyl halides is 2. The van der Waals surface area contributed by atoms with Gasteiger partial charge in [-0.1, -0.05) is 22.0 Å². The summed E-state index contributed by atoms with van der Waals surface area (Å²) in [6.45, 7) is -0.383. The number of fused-ring (bicyclic) bond motifs is 2. The second-order valence-electron chi connectivity index (χ2n) is 3.48. The van der Waals surface area contributed by atoms with Crippen LogP contribution >= 0.6 is 15.9 Å². The molecule has 0 aromatic rings. The molecule has 4 heteroatoms. The Morgan fingerprint density at radius 2 is 2.54 bits per heavy atom. The Labute approximate surface area is 84.3 Å². The van der Waals surface area contributed by atoms with Crippen LogP contribution in [-0.2, 0) is 9.53 Å². The van der Waals surface area contributed by atoms with Gasteiger partial charge in [0.2, 0.25) is 0 Å². The molecule has 3 aliphatic rings. The number of carbonyl (C=O) groups excluding carboxylic acids is 1. The fraction of sp³-hybridized carbons (Fsp3) is 0.667. The maximum absolute atomic E-state index is 12.2. The molecule has 13 heavy (non-hydrogen) atoms. The van der Waals surface area contributed by atoms with E-state index >= 15 is 0 Å². The lowest BCUT2D eigenvalue weighted by atomic mass is 9.78. The number of hydrogen-bond acceptors (Lipinski definition) is 2. The minimum absolute atomic E-state index is 0.0359. The third-order valence-corrected chi connectivity index (χ3v) is 3.93. The molecule has 1 aliphatic carbocycles. The summed E-state index contributed by atoms with van der Waals surface area (Å²) < 4.78 is 16.5. The van der Waals surface area contributed by atoms with Crippen molar-refractivity contribution in [1.29, 1.82) is 0 Å². The molecule has 0 aromatic carbocycles. The van der Waals surface area contributed by atoms with E-state index in [1.165, 1.54) is 0 Å². The molecule has 3 atom stereocenters. The van der Waals surface area contributed by atoms with Gasteiger partial charge in [0, 0.05) is 0 Å². The highest BCUT2D eigenvalue weighted by Crippen LogP contribution is 2.44. The molecule has 3 unspecified atom stereocenters. The zero-order chi connectivity index (χ0) is 9.47. The molecule has 1 saturated heterocycles. The van der Waals surface area contributed by atoms with Gasteiger partial charge in [-0.05, 0) is 24.8 Å². The quantitative estimate of drug-likeness (QED) is 0.425. The molecule has 2 nitrogen and oxygen atoms in total. The second kappa shape index (κ2) is 3.08. The van der Waals surface area contributed by atoms with E-state index in [2.05, 4.69) is 15.9 Å².